The van der Waals surface area contributed by atoms with Gasteiger partial charge in [-0.25, -0.2) is 0 Å². The van der Waals surface area contributed by atoms with Crippen molar-refractivity contribution in [3.63, 3.8) is 0 Å². The van der Waals surface area contributed by atoms with Crippen LogP contribution < -0.4 is 5.32 Å². The van der Waals surface area contributed by atoms with Crippen molar-refractivity contribution >= 4 is 5.69 Å². The minimum absolute atomic E-state index is 1.15. The van der Waals surface area contributed by atoms with Gasteiger partial charge in [-0.05, 0) is 30.7 Å². The van der Waals surface area contributed by atoms with Crippen molar-refractivity contribution in [2.45, 2.75) is 26.2 Å². The van der Waals surface area contributed by atoms with Gasteiger partial charge in [0.15, 0.2) is 0 Å². The molecule has 0 unspecified atom stereocenters. The van der Waals surface area contributed by atoms with Crippen LogP contribution in [0.15, 0.2) is 37.0 Å². The van der Waals surface area contributed by atoms with Crippen LogP contribution in [0.5, 0.6) is 0 Å². The molecule has 0 aliphatic rings. The number of para-hydroxylation sites is 1. The van der Waals surface area contributed by atoms with E-state index in [1.165, 1.54) is 24.1 Å². The van der Waals surface area contributed by atoms with Crippen molar-refractivity contribution in [2.75, 3.05) is 5.32 Å². The van der Waals surface area contributed by atoms with Gasteiger partial charge in [-0.1, -0.05) is 38.1 Å². The molecule has 0 heterocycles. The largest absolute Gasteiger partial charge is 0.362 e. The number of anilines is 1. The van der Waals surface area contributed by atoms with Gasteiger partial charge in [0.2, 0.25) is 0 Å². The molecule has 0 fully saturated rings. The van der Waals surface area contributed by atoms with Crippen LogP contribution in [-0.4, -0.2) is 0 Å². The van der Waals surface area contributed by atoms with Gasteiger partial charge in [0.1, 0.15) is 0 Å². The fourth-order valence-electron chi connectivity index (χ4n) is 1.36. The number of hydrogen-bond acceptors (Lipinski definition) is 1. The summed E-state index contributed by atoms with van der Waals surface area (Å²) in [5.41, 5.74) is 2.57. The third-order valence-corrected chi connectivity index (χ3v) is 2.07. The lowest BCUT2D eigenvalue weighted by Crippen LogP contribution is -1.93. The number of benzene rings is 1. The molecule has 1 aromatic carbocycles. The SMILES string of the molecule is C=CNc1ccccc1CCCC. The van der Waals surface area contributed by atoms with E-state index in [0.717, 1.165) is 6.42 Å². The average Bonchev–Trinajstić information content (AvgIpc) is 2.17. The third-order valence-electron chi connectivity index (χ3n) is 2.07. The van der Waals surface area contributed by atoms with Gasteiger partial charge >= 0.3 is 0 Å². The molecule has 70 valence electrons. The molecular formula is C12H17N. The molecule has 0 aromatic heterocycles. The molecule has 0 atom stereocenters. The van der Waals surface area contributed by atoms with Gasteiger partial charge in [0, 0.05) is 5.69 Å². The van der Waals surface area contributed by atoms with Gasteiger partial charge in [-0.15, -0.1) is 0 Å². The minimum Gasteiger partial charge on any atom is -0.362 e. The van der Waals surface area contributed by atoms with Gasteiger partial charge < -0.3 is 5.32 Å². The second-order valence-electron chi connectivity index (χ2n) is 3.11. The molecule has 0 radical (unpaired) electrons. The molecule has 0 saturated heterocycles. The first-order chi connectivity index (χ1) is 6.38. The van der Waals surface area contributed by atoms with Crippen LogP contribution >= 0.6 is 0 Å². The Labute approximate surface area is 80.5 Å². The van der Waals surface area contributed by atoms with Gasteiger partial charge in [0.05, 0.1) is 0 Å². The maximum Gasteiger partial charge on any atom is 0.0412 e. The van der Waals surface area contributed by atoms with Crippen LogP contribution in [0.3, 0.4) is 0 Å². The Hall–Kier alpha value is -1.24. The highest BCUT2D eigenvalue weighted by molar-refractivity contribution is 5.52. The zero-order valence-electron chi connectivity index (χ0n) is 8.22. The summed E-state index contributed by atoms with van der Waals surface area (Å²) in [7, 11) is 0. The summed E-state index contributed by atoms with van der Waals surface area (Å²) in [6.45, 7) is 5.88. The topological polar surface area (TPSA) is 12.0 Å². The quantitative estimate of drug-likeness (QED) is 0.721. The Balaban J connectivity index is 2.71. The van der Waals surface area contributed by atoms with E-state index in [0.29, 0.717) is 0 Å². The first-order valence-corrected chi connectivity index (χ1v) is 4.83. The van der Waals surface area contributed by atoms with Crippen LogP contribution in [0.1, 0.15) is 25.3 Å². The van der Waals surface area contributed by atoms with Crippen LogP contribution in [0, 0.1) is 0 Å². The Morgan fingerprint density at radius 1 is 1.38 bits per heavy atom. The summed E-state index contributed by atoms with van der Waals surface area (Å²) in [6.07, 6.45) is 5.36. The first-order valence-electron chi connectivity index (χ1n) is 4.83. The van der Waals surface area contributed by atoms with Crippen molar-refractivity contribution in [3.8, 4) is 0 Å². The summed E-state index contributed by atoms with van der Waals surface area (Å²) in [5, 5.41) is 3.15. The molecule has 13 heavy (non-hydrogen) atoms. The molecule has 1 rings (SSSR count). The zero-order chi connectivity index (χ0) is 9.52. The molecular weight excluding hydrogens is 158 g/mol. The van der Waals surface area contributed by atoms with E-state index in [9.17, 15) is 0 Å². The highest BCUT2D eigenvalue weighted by atomic mass is 14.8. The second kappa shape index (κ2) is 5.41. The smallest absolute Gasteiger partial charge is 0.0412 e. The molecule has 0 aliphatic carbocycles. The van der Waals surface area contributed by atoms with E-state index in [1.54, 1.807) is 6.20 Å². The van der Waals surface area contributed by atoms with E-state index >= 15 is 0 Å². The molecule has 1 N–H and O–H groups in total. The predicted octanol–water partition coefficient (Wildman–Crippen LogP) is 3.58. The van der Waals surface area contributed by atoms with Crippen molar-refractivity contribution in [1.29, 1.82) is 0 Å². The summed E-state index contributed by atoms with van der Waals surface area (Å²) in [5.74, 6) is 0. The Bertz CT molecular complexity index is 266. The van der Waals surface area contributed by atoms with Crippen molar-refractivity contribution in [1.82, 2.24) is 0 Å². The first kappa shape index (κ1) is 9.85. The van der Waals surface area contributed by atoms with Crippen molar-refractivity contribution in [3.05, 3.63) is 42.6 Å². The van der Waals surface area contributed by atoms with Gasteiger partial charge in [-0.2, -0.15) is 0 Å². The Morgan fingerprint density at radius 2 is 2.15 bits per heavy atom. The van der Waals surface area contributed by atoms with Crippen molar-refractivity contribution in [2.24, 2.45) is 0 Å². The summed E-state index contributed by atoms with van der Waals surface area (Å²) >= 11 is 0. The molecule has 1 nitrogen and oxygen atoms in total. The summed E-state index contributed by atoms with van der Waals surface area (Å²) < 4.78 is 0. The van der Waals surface area contributed by atoms with Crippen LogP contribution in [0.4, 0.5) is 5.69 Å². The number of nitrogens with one attached hydrogen (secondary N) is 1. The molecule has 0 saturated carbocycles. The molecule has 0 spiro atoms. The lowest BCUT2D eigenvalue weighted by Gasteiger charge is -2.07. The standard InChI is InChI=1S/C12H17N/c1-3-5-8-11-9-6-7-10-12(11)13-4-2/h4,6-7,9-10,13H,2-3,5,8H2,1H3. The van der Waals surface area contributed by atoms with E-state index in [4.69, 9.17) is 0 Å². The summed E-state index contributed by atoms with van der Waals surface area (Å²) in [6, 6.07) is 8.38. The lowest BCUT2D eigenvalue weighted by atomic mass is 10.1. The highest BCUT2D eigenvalue weighted by Gasteiger charge is 1.97. The van der Waals surface area contributed by atoms with Crippen LogP contribution in [0.25, 0.3) is 0 Å². The molecule has 1 heteroatoms. The van der Waals surface area contributed by atoms with Gasteiger partial charge in [0.25, 0.3) is 0 Å². The normalized spacial score (nSPS) is 9.62. The van der Waals surface area contributed by atoms with E-state index in [1.807, 2.05) is 6.07 Å². The lowest BCUT2D eigenvalue weighted by molar-refractivity contribution is 0.796. The molecule has 0 bridgehead atoms. The Morgan fingerprint density at radius 3 is 2.85 bits per heavy atom. The fraction of sp³-hybridized carbons (Fsp3) is 0.333. The maximum atomic E-state index is 3.67. The number of rotatable bonds is 5. The highest BCUT2D eigenvalue weighted by Crippen LogP contribution is 2.17. The summed E-state index contributed by atoms with van der Waals surface area (Å²) in [4.78, 5) is 0. The van der Waals surface area contributed by atoms with Crippen LogP contribution in [-0.2, 0) is 6.42 Å². The van der Waals surface area contributed by atoms with E-state index in [-0.39, 0.29) is 0 Å². The third kappa shape index (κ3) is 2.94. The number of unbranched alkanes of at least 4 members (excludes halogenated alkanes) is 1. The zero-order valence-corrected chi connectivity index (χ0v) is 8.22. The fourth-order valence-corrected chi connectivity index (χ4v) is 1.36. The average molecular weight is 175 g/mol. The molecule has 0 aliphatic heterocycles. The molecule has 0 amide bonds. The number of aryl methyl sites for hydroxylation is 1. The number of hydrogen-bond donors (Lipinski definition) is 1. The second-order valence-corrected chi connectivity index (χ2v) is 3.11. The van der Waals surface area contributed by atoms with E-state index in [2.05, 4.69) is 37.0 Å². The maximum absolute atomic E-state index is 3.67. The Kier molecular flexibility index (Phi) is 4.10. The van der Waals surface area contributed by atoms with Gasteiger partial charge in [-0.3, -0.25) is 0 Å². The van der Waals surface area contributed by atoms with Crippen molar-refractivity contribution < 1.29 is 0 Å². The monoisotopic (exact) mass is 175 g/mol. The minimum atomic E-state index is 1.15. The predicted molar refractivity (Wildman–Crippen MR) is 58.9 cm³/mol. The molecule has 1 aromatic rings. The van der Waals surface area contributed by atoms with Crippen LogP contribution in [0.2, 0.25) is 0 Å². The van der Waals surface area contributed by atoms with E-state index < -0.39 is 0 Å².